The molecule has 3 N–H and O–H groups in total. The van der Waals surface area contributed by atoms with Gasteiger partial charge in [0.1, 0.15) is 17.1 Å². The lowest BCUT2D eigenvalue weighted by Crippen LogP contribution is -2.36. The van der Waals surface area contributed by atoms with E-state index >= 15 is 0 Å². The van der Waals surface area contributed by atoms with Gasteiger partial charge in [0, 0.05) is 57.4 Å². The Balaban J connectivity index is 1.11. The van der Waals surface area contributed by atoms with Crippen molar-refractivity contribution in [2.45, 2.75) is 91.1 Å². The number of imide groups is 1. The number of hydroxylamine groups is 2. The molecule has 1 saturated heterocycles. The molecule has 2 aromatic heterocycles. The Hall–Kier alpha value is -4.86. The minimum absolute atomic E-state index is 0.0561. The van der Waals surface area contributed by atoms with Gasteiger partial charge in [0.2, 0.25) is 5.91 Å². The van der Waals surface area contributed by atoms with Gasteiger partial charge >= 0.3 is 5.97 Å². The van der Waals surface area contributed by atoms with Crippen LogP contribution in [0.15, 0.2) is 29.1 Å². The molecule has 1 fully saturated rings. The number of unbranched alkanes of at least 4 members (excludes halogenated alkanes) is 3. The van der Waals surface area contributed by atoms with Gasteiger partial charge in [-0.15, -0.1) is 5.06 Å². The molecule has 49 heavy (non-hydrogen) atoms. The van der Waals surface area contributed by atoms with Gasteiger partial charge in [0.15, 0.2) is 17.0 Å². The number of nitrogens with one attached hydrogen (secondary N) is 3. The maximum Gasteiger partial charge on any atom is 0.333 e. The summed E-state index contributed by atoms with van der Waals surface area (Å²) < 4.78 is 9.57. The van der Waals surface area contributed by atoms with Crippen LogP contribution in [0.5, 0.6) is 5.75 Å². The van der Waals surface area contributed by atoms with E-state index in [-0.39, 0.29) is 56.3 Å². The molecule has 0 bridgehead atoms. The number of nitrogens with zero attached hydrogens (tertiary/aromatic N) is 4. The molecule has 1 aliphatic heterocycles. The van der Waals surface area contributed by atoms with Gasteiger partial charge in [-0.3, -0.25) is 28.5 Å². The van der Waals surface area contributed by atoms with Crippen LogP contribution in [-0.4, -0.2) is 73.5 Å². The van der Waals surface area contributed by atoms with E-state index in [1.54, 1.807) is 28.8 Å². The van der Waals surface area contributed by atoms with E-state index in [1.807, 2.05) is 18.4 Å². The molecule has 1 aliphatic rings. The molecule has 0 spiro atoms. The number of aromatic nitrogens is 4. The Morgan fingerprint density at radius 3 is 2.12 bits per heavy atom. The van der Waals surface area contributed by atoms with Crippen molar-refractivity contribution in [1.29, 1.82) is 0 Å². The Kier molecular flexibility index (Phi) is 13.6. The van der Waals surface area contributed by atoms with Crippen LogP contribution in [0.1, 0.15) is 78.1 Å². The number of H-pyrrole nitrogens is 1. The predicted octanol–water partition coefficient (Wildman–Crippen LogP) is 3.30. The summed E-state index contributed by atoms with van der Waals surface area (Å²) in [7, 11) is 0. The molecule has 4 rings (SSSR count). The molecule has 3 heterocycles. The zero-order chi connectivity index (χ0) is 35.3. The lowest BCUT2D eigenvalue weighted by molar-refractivity contribution is -0.197. The van der Waals surface area contributed by atoms with E-state index in [0.717, 1.165) is 24.8 Å². The molecular weight excluding hydrogens is 654 g/mol. The summed E-state index contributed by atoms with van der Waals surface area (Å²) in [5.41, 5.74) is 1.49. The molecule has 16 heteroatoms. The van der Waals surface area contributed by atoms with Crippen LogP contribution in [0.2, 0.25) is 0 Å². The molecule has 4 amide bonds. The number of hydrogen-bond donors (Lipinski definition) is 3. The predicted molar refractivity (Wildman–Crippen MR) is 182 cm³/mol. The number of rotatable bonds is 19. The molecule has 0 radical (unpaired) electrons. The topological polar surface area (TPSA) is 187 Å². The van der Waals surface area contributed by atoms with E-state index in [9.17, 15) is 28.8 Å². The van der Waals surface area contributed by atoms with E-state index in [1.165, 1.54) is 0 Å². The number of fused-ring (bicyclic) bond motifs is 1. The Morgan fingerprint density at radius 1 is 0.857 bits per heavy atom. The van der Waals surface area contributed by atoms with Gasteiger partial charge in [-0.25, -0.2) is 9.78 Å². The quantitative estimate of drug-likeness (QED) is 0.0953. The molecule has 3 aromatic rings. The first-order valence-electron chi connectivity index (χ1n) is 16.7. The fourth-order valence-electron chi connectivity index (χ4n) is 5.26. The highest BCUT2D eigenvalue weighted by Gasteiger charge is 2.32. The summed E-state index contributed by atoms with van der Waals surface area (Å²) in [6.07, 6.45) is 4.70. The standard InChI is InChI=1S/C33H43N7O8S/c1-3-19-38-31-29(32(46)39(20-4-2)33(38)49)36-30(37-31)22-11-13-23(14-12-22)47-21-25(42)35-18-17-34-24(41)9-7-5-6-8-10-28(45)48-40-26(43)15-16-27(40)44/h11-14H,3-10,15-21H2,1-2H3,(H,34,41)(H,35,42)(H,36,37). The minimum atomic E-state index is -0.626. The number of aryl methyl sites for hydroxylation is 1. The second-order valence-electron chi connectivity index (χ2n) is 11.6. The largest absolute Gasteiger partial charge is 0.484 e. The third-order valence-electron chi connectivity index (χ3n) is 7.76. The molecule has 1 aromatic carbocycles. The number of benzene rings is 1. The fourth-order valence-corrected chi connectivity index (χ4v) is 5.62. The van der Waals surface area contributed by atoms with Crippen molar-refractivity contribution in [2.24, 2.45) is 0 Å². The normalized spacial score (nSPS) is 12.8. The number of aromatic amines is 1. The summed E-state index contributed by atoms with van der Waals surface area (Å²) in [5.74, 6) is -1.10. The molecular formula is C33H43N7O8S. The van der Waals surface area contributed by atoms with Crippen LogP contribution in [0.4, 0.5) is 0 Å². The number of ether oxygens (including phenoxy) is 1. The highest BCUT2D eigenvalue weighted by atomic mass is 32.1. The van der Waals surface area contributed by atoms with E-state index in [2.05, 4.69) is 15.6 Å². The number of carbonyl (C=O) groups excluding carboxylic acids is 5. The van der Waals surface area contributed by atoms with Gasteiger partial charge in [0.05, 0.1) is 0 Å². The monoisotopic (exact) mass is 697 g/mol. The van der Waals surface area contributed by atoms with Crippen LogP contribution >= 0.6 is 12.2 Å². The summed E-state index contributed by atoms with van der Waals surface area (Å²) in [6, 6.07) is 7.02. The van der Waals surface area contributed by atoms with Crippen molar-refractivity contribution >= 4 is 53.0 Å². The smallest absolute Gasteiger partial charge is 0.333 e. The Bertz CT molecular complexity index is 1760. The van der Waals surface area contributed by atoms with Gasteiger partial charge in [-0.2, -0.15) is 0 Å². The van der Waals surface area contributed by atoms with Gasteiger partial charge < -0.3 is 29.8 Å². The molecule has 264 valence electrons. The second-order valence-corrected chi connectivity index (χ2v) is 12.0. The van der Waals surface area contributed by atoms with Gasteiger partial charge in [-0.1, -0.05) is 26.7 Å². The van der Waals surface area contributed by atoms with Crippen molar-refractivity contribution in [2.75, 3.05) is 19.7 Å². The first kappa shape index (κ1) is 37.0. The van der Waals surface area contributed by atoms with Crippen LogP contribution < -0.4 is 20.9 Å². The third kappa shape index (κ3) is 10.1. The first-order chi connectivity index (χ1) is 23.6. The Labute approximate surface area is 288 Å². The van der Waals surface area contributed by atoms with Crippen LogP contribution in [0.25, 0.3) is 22.6 Å². The number of imidazole rings is 1. The average molecular weight is 698 g/mol. The zero-order valence-corrected chi connectivity index (χ0v) is 28.7. The summed E-state index contributed by atoms with van der Waals surface area (Å²) in [5, 5.41) is 5.99. The Morgan fingerprint density at radius 2 is 1.47 bits per heavy atom. The van der Waals surface area contributed by atoms with Crippen molar-refractivity contribution in [3.63, 3.8) is 0 Å². The molecule has 0 unspecified atom stereocenters. The zero-order valence-electron chi connectivity index (χ0n) is 27.9. The first-order valence-corrected chi connectivity index (χ1v) is 17.1. The SMILES string of the molecule is CCCn1c(=O)c2[nH]c(-c3ccc(OCC(=O)NCCNC(=O)CCCCCCC(=O)ON4C(=O)CCC4=O)cc3)nc2n(CCC)c1=S. The van der Waals surface area contributed by atoms with Crippen LogP contribution in [0.3, 0.4) is 0 Å². The lowest BCUT2D eigenvalue weighted by atomic mass is 10.1. The summed E-state index contributed by atoms with van der Waals surface area (Å²) in [4.78, 5) is 84.9. The molecule has 0 atom stereocenters. The lowest BCUT2D eigenvalue weighted by Gasteiger charge is -2.12. The highest BCUT2D eigenvalue weighted by molar-refractivity contribution is 7.71. The minimum Gasteiger partial charge on any atom is -0.484 e. The second kappa shape index (κ2) is 18.1. The maximum atomic E-state index is 13.1. The van der Waals surface area contributed by atoms with Crippen molar-refractivity contribution < 1.29 is 33.5 Å². The van der Waals surface area contributed by atoms with Gasteiger partial charge in [-0.05, 0) is 62.2 Å². The van der Waals surface area contributed by atoms with Crippen molar-refractivity contribution in [3.8, 4) is 17.1 Å². The fraction of sp³-hybridized carbons (Fsp3) is 0.515. The van der Waals surface area contributed by atoms with Crippen molar-refractivity contribution in [3.05, 3.63) is 39.4 Å². The van der Waals surface area contributed by atoms with Crippen LogP contribution in [0, 0.1) is 4.77 Å². The summed E-state index contributed by atoms with van der Waals surface area (Å²) >= 11 is 5.61. The molecule has 0 aliphatic carbocycles. The summed E-state index contributed by atoms with van der Waals surface area (Å²) in [6.45, 7) is 5.52. The van der Waals surface area contributed by atoms with E-state index in [0.29, 0.717) is 71.3 Å². The number of hydrogen-bond acceptors (Lipinski definition) is 10. The van der Waals surface area contributed by atoms with E-state index < -0.39 is 17.8 Å². The third-order valence-corrected chi connectivity index (χ3v) is 8.20. The van der Waals surface area contributed by atoms with E-state index in [4.69, 9.17) is 26.8 Å². The average Bonchev–Trinajstić information content (AvgIpc) is 3.67. The number of carbonyl (C=O) groups is 5. The molecule has 15 nitrogen and oxygen atoms in total. The molecule has 0 saturated carbocycles. The van der Waals surface area contributed by atoms with Crippen molar-refractivity contribution in [1.82, 2.24) is 34.8 Å². The maximum absolute atomic E-state index is 13.1. The highest BCUT2D eigenvalue weighted by Crippen LogP contribution is 2.22. The number of amides is 4. The van der Waals surface area contributed by atoms with Gasteiger partial charge in [0.25, 0.3) is 23.3 Å². The van der Waals surface area contributed by atoms with Crippen LogP contribution in [-0.2, 0) is 41.9 Å².